The number of hydrogen-bond acceptors (Lipinski definition) is 4. The minimum Gasteiger partial charge on any atom is -0.459 e. The summed E-state index contributed by atoms with van der Waals surface area (Å²) in [6.07, 6.45) is 2.92. The molecule has 6 nitrogen and oxygen atoms in total. The quantitative estimate of drug-likeness (QED) is 0.596. The lowest BCUT2D eigenvalue weighted by Crippen LogP contribution is -2.45. The Labute approximate surface area is 135 Å². The van der Waals surface area contributed by atoms with E-state index in [-0.39, 0.29) is 31.3 Å². The van der Waals surface area contributed by atoms with Crippen molar-refractivity contribution in [1.29, 1.82) is 0 Å². The van der Waals surface area contributed by atoms with E-state index in [0.29, 0.717) is 13.0 Å². The largest absolute Gasteiger partial charge is 0.459 e. The first-order chi connectivity index (χ1) is 11.2. The van der Waals surface area contributed by atoms with Crippen LogP contribution in [-0.2, 0) is 21.0 Å². The van der Waals surface area contributed by atoms with E-state index in [0.717, 1.165) is 12.0 Å². The lowest BCUT2D eigenvalue weighted by Gasteiger charge is -2.28. The molecule has 0 spiro atoms. The maximum absolute atomic E-state index is 12.4. The molecule has 0 N–H and O–H groups in total. The maximum Gasteiger partial charge on any atom is 0.345 e. The Morgan fingerprint density at radius 1 is 1.30 bits per heavy atom. The molecule has 0 saturated carbocycles. The summed E-state index contributed by atoms with van der Waals surface area (Å²) < 4.78 is 5.37. The molecule has 122 valence electrons. The van der Waals surface area contributed by atoms with E-state index in [4.69, 9.17) is 9.57 Å². The van der Waals surface area contributed by atoms with Gasteiger partial charge in [0.15, 0.2) is 0 Å². The molecule has 2 saturated heterocycles. The van der Waals surface area contributed by atoms with Gasteiger partial charge >= 0.3 is 12.0 Å². The standard InChI is InChI=1S/C17H20N2O4/c1-2-10-23-19-14-8-9-15(18(11-14)17(19)21)16(20)22-12-13-6-4-3-5-7-13/h2-7,14-15H,1,8-12H2/t14-,15?/m1/s1. The third-order valence-electron chi connectivity index (χ3n) is 4.15. The van der Waals surface area contributed by atoms with Crippen molar-refractivity contribution in [2.24, 2.45) is 0 Å². The van der Waals surface area contributed by atoms with Crippen molar-refractivity contribution in [3.8, 4) is 0 Å². The zero-order valence-electron chi connectivity index (χ0n) is 12.9. The van der Waals surface area contributed by atoms with Crippen LogP contribution in [0.15, 0.2) is 43.0 Å². The Morgan fingerprint density at radius 3 is 2.83 bits per heavy atom. The van der Waals surface area contributed by atoms with Crippen LogP contribution in [0, 0.1) is 0 Å². The fraction of sp³-hybridized carbons (Fsp3) is 0.412. The summed E-state index contributed by atoms with van der Waals surface area (Å²) in [6, 6.07) is 8.70. The molecule has 6 heteroatoms. The summed E-state index contributed by atoms with van der Waals surface area (Å²) in [5, 5.41) is 1.37. The molecule has 0 aromatic heterocycles. The second kappa shape index (κ2) is 6.83. The van der Waals surface area contributed by atoms with Gasteiger partial charge in [-0.25, -0.2) is 9.59 Å². The molecule has 1 aromatic rings. The van der Waals surface area contributed by atoms with Gasteiger partial charge in [-0.2, -0.15) is 5.06 Å². The smallest absolute Gasteiger partial charge is 0.345 e. The van der Waals surface area contributed by atoms with E-state index in [1.165, 1.54) is 5.06 Å². The maximum atomic E-state index is 12.4. The highest BCUT2D eigenvalue weighted by molar-refractivity contribution is 5.85. The van der Waals surface area contributed by atoms with E-state index >= 15 is 0 Å². The van der Waals surface area contributed by atoms with Gasteiger partial charge in [-0.15, -0.1) is 6.58 Å². The highest BCUT2D eigenvalue weighted by Gasteiger charge is 2.48. The Hall–Kier alpha value is -2.34. The van der Waals surface area contributed by atoms with Gasteiger partial charge in [0, 0.05) is 6.54 Å². The Balaban J connectivity index is 1.60. The third kappa shape index (κ3) is 3.22. The number of ether oxygens (including phenoxy) is 1. The number of hydroxylamine groups is 2. The summed E-state index contributed by atoms with van der Waals surface area (Å²) in [5.74, 6) is -0.355. The number of carbonyl (C=O) groups excluding carboxylic acids is 2. The van der Waals surface area contributed by atoms with Crippen molar-refractivity contribution in [1.82, 2.24) is 9.96 Å². The zero-order chi connectivity index (χ0) is 16.2. The molecule has 3 rings (SSSR count). The molecular formula is C17H20N2O4. The van der Waals surface area contributed by atoms with Crippen LogP contribution in [0.1, 0.15) is 18.4 Å². The topological polar surface area (TPSA) is 59.1 Å². The average molecular weight is 316 g/mol. The molecule has 2 fully saturated rings. The number of esters is 1. The van der Waals surface area contributed by atoms with Crippen molar-refractivity contribution in [3.63, 3.8) is 0 Å². The molecule has 23 heavy (non-hydrogen) atoms. The summed E-state index contributed by atoms with van der Waals surface area (Å²) >= 11 is 0. The first-order valence-electron chi connectivity index (χ1n) is 7.75. The van der Waals surface area contributed by atoms with Crippen molar-refractivity contribution in [2.75, 3.05) is 13.2 Å². The van der Waals surface area contributed by atoms with Gasteiger partial charge in [-0.05, 0) is 18.4 Å². The van der Waals surface area contributed by atoms with Crippen molar-refractivity contribution in [2.45, 2.75) is 31.5 Å². The molecule has 1 unspecified atom stereocenters. The fourth-order valence-corrected chi connectivity index (χ4v) is 3.00. The monoisotopic (exact) mass is 316 g/mol. The predicted molar refractivity (Wildman–Crippen MR) is 83.1 cm³/mol. The molecule has 2 heterocycles. The van der Waals surface area contributed by atoms with Crippen LogP contribution in [0.3, 0.4) is 0 Å². The molecule has 2 atom stereocenters. The zero-order valence-corrected chi connectivity index (χ0v) is 12.9. The van der Waals surface area contributed by atoms with Gasteiger partial charge in [-0.1, -0.05) is 36.4 Å². The van der Waals surface area contributed by atoms with Crippen molar-refractivity contribution in [3.05, 3.63) is 48.6 Å². The Morgan fingerprint density at radius 2 is 2.09 bits per heavy atom. The van der Waals surface area contributed by atoms with Gasteiger partial charge in [0.1, 0.15) is 12.6 Å². The fourth-order valence-electron chi connectivity index (χ4n) is 3.00. The number of urea groups is 1. The first-order valence-corrected chi connectivity index (χ1v) is 7.75. The summed E-state index contributed by atoms with van der Waals surface area (Å²) in [7, 11) is 0. The lowest BCUT2D eigenvalue weighted by molar-refractivity contribution is -0.151. The van der Waals surface area contributed by atoms with Crippen LogP contribution < -0.4 is 0 Å². The molecule has 2 aliphatic heterocycles. The lowest BCUT2D eigenvalue weighted by atomic mass is 10.0. The average Bonchev–Trinajstić information content (AvgIpc) is 2.83. The van der Waals surface area contributed by atoms with Gasteiger partial charge < -0.3 is 9.64 Å². The van der Waals surface area contributed by atoms with Crippen LogP contribution >= 0.6 is 0 Å². The van der Waals surface area contributed by atoms with Crippen LogP contribution in [0.4, 0.5) is 4.79 Å². The Bertz CT molecular complexity index is 590. The van der Waals surface area contributed by atoms with Crippen molar-refractivity contribution >= 4 is 12.0 Å². The first kappa shape index (κ1) is 15.6. The van der Waals surface area contributed by atoms with E-state index in [1.54, 1.807) is 11.0 Å². The number of rotatable bonds is 6. The molecular weight excluding hydrogens is 296 g/mol. The highest BCUT2D eigenvalue weighted by Crippen LogP contribution is 2.30. The predicted octanol–water partition coefficient (Wildman–Crippen LogP) is 2.12. The van der Waals surface area contributed by atoms with E-state index in [9.17, 15) is 9.59 Å². The van der Waals surface area contributed by atoms with Crippen LogP contribution in [0.5, 0.6) is 0 Å². The number of benzene rings is 1. The highest BCUT2D eigenvalue weighted by atomic mass is 16.7. The summed E-state index contributed by atoms with van der Waals surface area (Å²) in [5.41, 5.74) is 0.929. The molecule has 2 bridgehead atoms. The number of piperidine rings is 1. The molecule has 2 aliphatic rings. The summed E-state index contributed by atoms with van der Waals surface area (Å²) in [4.78, 5) is 31.7. The minimum absolute atomic E-state index is 0.000577. The molecule has 0 radical (unpaired) electrons. The normalized spacial score (nSPS) is 23.0. The van der Waals surface area contributed by atoms with E-state index < -0.39 is 6.04 Å². The molecule has 0 aliphatic carbocycles. The summed E-state index contributed by atoms with van der Waals surface area (Å²) in [6.45, 7) is 4.58. The number of carbonyl (C=O) groups is 2. The number of amides is 2. The minimum atomic E-state index is -0.528. The van der Waals surface area contributed by atoms with Gasteiger partial charge in [-0.3, -0.25) is 4.84 Å². The van der Waals surface area contributed by atoms with Crippen molar-refractivity contribution < 1.29 is 19.2 Å². The second-order valence-electron chi connectivity index (χ2n) is 5.69. The SMILES string of the molecule is C=CCON1C(=O)N2C[C@H]1CCC2C(=O)OCc1ccccc1. The van der Waals surface area contributed by atoms with Gasteiger partial charge in [0.2, 0.25) is 0 Å². The van der Waals surface area contributed by atoms with E-state index in [1.807, 2.05) is 30.3 Å². The number of hydrogen-bond donors (Lipinski definition) is 0. The van der Waals surface area contributed by atoms with E-state index in [2.05, 4.69) is 6.58 Å². The number of nitrogens with zero attached hydrogens (tertiary/aromatic N) is 2. The second-order valence-corrected chi connectivity index (χ2v) is 5.69. The number of fused-ring (bicyclic) bond motifs is 2. The van der Waals surface area contributed by atoms with Crippen LogP contribution in [0.25, 0.3) is 0 Å². The molecule has 1 aromatic carbocycles. The third-order valence-corrected chi connectivity index (χ3v) is 4.15. The molecule has 2 amide bonds. The Kier molecular flexibility index (Phi) is 4.62. The van der Waals surface area contributed by atoms with Gasteiger partial charge in [0.25, 0.3) is 0 Å². The van der Waals surface area contributed by atoms with Crippen LogP contribution in [-0.4, -0.2) is 47.2 Å². The van der Waals surface area contributed by atoms with Crippen LogP contribution in [0.2, 0.25) is 0 Å². The van der Waals surface area contributed by atoms with Gasteiger partial charge in [0.05, 0.1) is 12.6 Å².